The van der Waals surface area contributed by atoms with E-state index in [0.29, 0.717) is 12.1 Å². The molecule has 6 heteroatoms. The first-order valence-electron chi connectivity index (χ1n) is 10.6. The molecule has 4 rings (SSSR count). The molecule has 2 aromatic carbocycles. The van der Waals surface area contributed by atoms with Crippen LogP contribution < -0.4 is 9.47 Å². The molecular weight excluding hydrogens is 390 g/mol. The summed E-state index contributed by atoms with van der Waals surface area (Å²) in [7, 11) is 3.29. The van der Waals surface area contributed by atoms with E-state index in [0.717, 1.165) is 53.4 Å². The maximum Gasteiger partial charge on any atom is 0.254 e. The lowest BCUT2D eigenvalue weighted by Crippen LogP contribution is -2.30. The van der Waals surface area contributed by atoms with Gasteiger partial charge in [-0.25, -0.2) is 0 Å². The van der Waals surface area contributed by atoms with Crippen LogP contribution in [0, 0.1) is 13.8 Å². The number of hydrogen-bond donors (Lipinski definition) is 0. The van der Waals surface area contributed by atoms with Crippen molar-refractivity contribution in [2.24, 2.45) is 0 Å². The monoisotopic (exact) mass is 419 g/mol. The summed E-state index contributed by atoms with van der Waals surface area (Å²) in [5, 5.41) is 4.54. The Morgan fingerprint density at radius 1 is 1.10 bits per heavy atom. The largest absolute Gasteiger partial charge is 0.497 e. The van der Waals surface area contributed by atoms with Gasteiger partial charge in [0.1, 0.15) is 11.5 Å². The van der Waals surface area contributed by atoms with Crippen molar-refractivity contribution in [3.8, 4) is 11.5 Å². The molecule has 3 aromatic rings. The molecule has 1 aliphatic heterocycles. The van der Waals surface area contributed by atoms with E-state index < -0.39 is 0 Å². The molecule has 162 valence electrons. The number of methoxy groups -OCH3 is 2. The van der Waals surface area contributed by atoms with Gasteiger partial charge in [-0.1, -0.05) is 12.1 Å². The number of rotatable bonds is 6. The quantitative estimate of drug-likeness (QED) is 0.589. The Labute approximate surface area is 183 Å². The molecular formula is C25H29N3O3. The molecule has 1 saturated heterocycles. The maximum absolute atomic E-state index is 13.5. The summed E-state index contributed by atoms with van der Waals surface area (Å²) in [5.74, 6) is 1.55. The lowest BCUT2D eigenvalue weighted by molar-refractivity contribution is 0.0734. The van der Waals surface area contributed by atoms with Crippen LogP contribution in [-0.2, 0) is 6.54 Å². The summed E-state index contributed by atoms with van der Waals surface area (Å²) in [6.07, 6.45) is 1.89. The highest BCUT2D eigenvalue weighted by Crippen LogP contribution is 2.39. The molecule has 1 atom stereocenters. The highest BCUT2D eigenvalue weighted by molar-refractivity contribution is 5.95. The predicted octanol–water partition coefficient (Wildman–Crippen LogP) is 4.54. The van der Waals surface area contributed by atoms with Gasteiger partial charge in [0.05, 0.1) is 32.5 Å². The van der Waals surface area contributed by atoms with Crippen LogP contribution in [0.2, 0.25) is 0 Å². The zero-order chi connectivity index (χ0) is 22.0. The van der Waals surface area contributed by atoms with Crippen LogP contribution >= 0.6 is 0 Å². The van der Waals surface area contributed by atoms with Gasteiger partial charge in [-0.05, 0) is 62.6 Å². The molecule has 0 aliphatic carbocycles. The van der Waals surface area contributed by atoms with Crippen molar-refractivity contribution in [2.45, 2.75) is 39.3 Å². The minimum atomic E-state index is -0.00646. The van der Waals surface area contributed by atoms with Gasteiger partial charge < -0.3 is 14.4 Å². The van der Waals surface area contributed by atoms with Crippen molar-refractivity contribution in [1.29, 1.82) is 0 Å². The molecule has 0 bridgehead atoms. The third kappa shape index (κ3) is 4.29. The standard InChI is InChI=1S/C25H29N3O3/c1-17-13-18(2)28(26-17)16-19-7-5-8-20(14-19)25(29)27-12-6-9-23(27)22-11-10-21(30-3)15-24(22)31-4/h5,7-8,10-11,13-15,23H,6,9,12,16H2,1-4H3/t23-/m0/s1. The van der Waals surface area contributed by atoms with Crippen molar-refractivity contribution in [3.05, 3.63) is 76.6 Å². The topological polar surface area (TPSA) is 56.6 Å². The number of nitrogens with zero attached hydrogens (tertiary/aromatic N) is 3. The van der Waals surface area contributed by atoms with Crippen LogP contribution in [-0.4, -0.2) is 41.4 Å². The lowest BCUT2D eigenvalue weighted by atomic mass is 10.0. The first kappa shape index (κ1) is 21.0. The molecule has 1 aliphatic rings. The van der Waals surface area contributed by atoms with E-state index >= 15 is 0 Å². The van der Waals surface area contributed by atoms with Crippen molar-refractivity contribution in [2.75, 3.05) is 20.8 Å². The van der Waals surface area contributed by atoms with Gasteiger partial charge in [0.15, 0.2) is 0 Å². The highest BCUT2D eigenvalue weighted by Gasteiger charge is 2.32. The summed E-state index contributed by atoms with van der Waals surface area (Å²) < 4.78 is 12.9. The SMILES string of the molecule is COc1ccc([C@@H]2CCCN2C(=O)c2cccc(Cn3nc(C)cc3C)c2)c(OC)c1. The van der Waals surface area contributed by atoms with Crippen molar-refractivity contribution < 1.29 is 14.3 Å². The van der Waals surface area contributed by atoms with Gasteiger partial charge in [0.25, 0.3) is 5.91 Å². The van der Waals surface area contributed by atoms with Crippen LogP contribution in [0.25, 0.3) is 0 Å². The molecule has 0 N–H and O–H groups in total. The van der Waals surface area contributed by atoms with Gasteiger partial charge in [-0.15, -0.1) is 0 Å². The molecule has 1 aromatic heterocycles. The van der Waals surface area contributed by atoms with Crippen molar-refractivity contribution in [3.63, 3.8) is 0 Å². The number of ether oxygens (including phenoxy) is 2. The second-order valence-electron chi connectivity index (χ2n) is 8.05. The van der Waals surface area contributed by atoms with Crippen LogP contribution in [0.5, 0.6) is 11.5 Å². The second kappa shape index (κ2) is 8.84. The fourth-order valence-electron chi connectivity index (χ4n) is 4.40. The zero-order valence-electron chi connectivity index (χ0n) is 18.6. The molecule has 0 spiro atoms. The summed E-state index contributed by atoms with van der Waals surface area (Å²) in [5.41, 5.74) is 4.90. The van der Waals surface area contributed by atoms with Gasteiger partial charge in [-0.2, -0.15) is 5.10 Å². The van der Waals surface area contributed by atoms with E-state index in [1.165, 1.54) is 0 Å². The highest BCUT2D eigenvalue weighted by atomic mass is 16.5. The Morgan fingerprint density at radius 3 is 2.65 bits per heavy atom. The third-order valence-corrected chi connectivity index (χ3v) is 5.92. The van der Waals surface area contributed by atoms with Crippen molar-refractivity contribution >= 4 is 5.91 Å². The summed E-state index contributed by atoms with van der Waals surface area (Å²) in [6, 6.07) is 15.7. The number of likely N-dealkylation sites (tertiary alicyclic amines) is 1. The zero-order valence-corrected chi connectivity index (χ0v) is 18.6. The van der Waals surface area contributed by atoms with E-state index in [9.17, 15) is 4.79 Å². The molecule has 0 saturated carbocycles. The van der Waals surface area contributed by atoms with E-state index in [2.05, 4.69) is 11.2 Å². The molecule has 31 heavy (non-hydrogen) atoms. The Bertz CT molecular complexity index is 1090. The first-order valence-corrected chi connectivity index (χ1v) is 10.6. The number of carbonyl (C=O) groups excluding carboxylic acids is 1. The maximum atomic E-state index is 13.5. The van der Waals surface area contributed by atoms with E-state index in [4.69, 9.17) is 9.47 Å². The molecule has 1 amide bonds. The Kier molecular flexibility index (Phi) is 5.98. The van der Waals surface area contributed by atoms with E-state index in [-0.39, 0.29) is 11.9 Å². The fourth-order valence-corrected chi connectivity index (χ4v) is 4.40. The lowest BCUT2D eigenvalue weighted by Gasteiger charge is -2.27. The number of aromatic nitrogens is 2. The van der Waals surface area contributed by atoms with Gasteiger partial charge in [-0.3, -0.25) is 9.48 Å². The smallest absolute Gasteiger partial charge is 0.254 e. The molecule has 1 fully saturated rings. The molecule has 0 radical (unpaired) electrons. The Hall–Kier alpha value is -3.28. The number of carbonyl (C=O) groups is 1. The molecule has 6 nitrogen and oxygen atoms in total. The summed E-state index contributed by atoms with van der Waals surface area (Å²) in [4.78, 5) is 15.4. The van der Waals surface area contributed by atoms with Crippen LogP contribution in [0.1, 0.15) is 51.8 Å². The number of hydrogen-bond acceptors (Lipinski definition) is 4. The number of benzene rings is 2. The van der Waals surface area contributed by atoms with Crippen LogP contribution in [0.4, 0.5) is 0 Å². The van der Waals surface area contributed by atoms with Gasteiger partial charge >= 0.3 is 0 Å². The summed E-state index contributed by atoms with van der Waals surface area (Å²) >= 11 is 0. The Balaban J connectivity index is 1.58. The van der Waals surface area contributed by atoms with Crippen LogP contribution in [0.3, 0.4) is 0 Å². The summed E-state index contributed by atoms with van der Waals surface area (Å²) in [6.45, 7) is 5.42. The number of amides is 1. The average molecular weight is 420 g/mol. The second-order valence-corrected chi connectivity index (χ2v) is 8.05. The van der Waals surface area contributed by atoms with E-state index in [1.807, 2.05) is 65.9 Å². The fraction of sp³-hybridized carbons (Fsp3) is 0.360. The van der Waals surface area contributed by atoms with Crippen LogP contribution in [0.15, 0.2) is 48.5 Å². The molecule has 0 unspecified atom stereocenters. The van der Waals surface area contributed by atoms with Gasteiger partial charge in [0, 0.05) is 29.4 Å². The average Bonchev–Trinajstić information content (AvgIpc) is 3.39. The minimum Gasteiger partial charge on any atom is -0.497 e. The predicted molar refractivity (Wildman–Crippen MR) is 120 cm³/mol. The number of aryl methyl sites for hydroxylation is 2. The third-order valence-electron chi connectivity index (χ3n) is 5.92. The minimum absolute atomic E-state index is 0.00646. The van der Waals surface area contributed by atoms with E-state index in [1.54, 1.807) is 14.2 Å². The Morgan fingerprint density at radius 2 is 1.94 bits per heavy atom. The van der Waals surface area contributed by atoms with Crippen molar-refractivity contribution in [1.82, 2.24) is 14.7 Å². The van der Waals surface area contributed by atoms with Gasteiger partial charge in [0.2, 0.25) is 0 Å². The molecule has 2 heterocycles. The normalized spacial score (nSPS) is 15.9. The first-order chi connectivity index (χ1) is 15.0.